The van der Waals surface area contributed by atoms with E-state index in [1.54, 1.807) is 0 Å². The summed E-state index contributed by atoms with van der Waals surface area (Å²) >= 11 is 0. The number of nitrogens with one attached hydrogen (secondary N) is 3. The first kappa shape index (κ1) is 19.7. The van der Waals surface area contributed by atoms with E-state index < -0.39 is 0 Å². The Hall–Kier alpha value is -2.05. The fourth-order valence-electron chi connectivity index (χ4n) is 3.38. The molecule has 6 nitrogen and oxygen atoms in total. The Morgan fingerprint density at radius 2 is 2.33 bits per heavy atom. The van der Waals surface area contributed by atoms with E-state index in [0.717, 1.165) is 38.5 Å². The lowest BCUT2D eigenvalue weighted by Crippen LogP contribution is -2.44. The predicted octanol–water partition coefficient (Wildman–Crippen LogP) is 2.77. The Morgan fingerprint density at radius 1 is 1.44 bits per heavy atom. The first-order valence-electron chi connectivity index (χ1n) is 9.97. The minimum absolute atomic E-state index is 0.194. The number of aryl methyl sites for hydroxylation is 1. The predicted molar refractivity (Wildman–Crippen MR) is 110 cm³/mol. The standard InChI is InChI=1S/C21H32N4O2/c1-4-22-21(25-16(3)13-27-18-9-11-26-14-18)23-10-8-17-12-24-20-15(2)6-5-7-19(17)20/h5-7,12,16,18,24H,4,8-11,13-14H2,1-3H3,(H2,22,23,25). The Bertz CT molecular complexity index is 750. The van der Waals surface area contributed by atoms with Crippen LogP contribution < -0.4 is 10.6 Å². The van der Waals surface area contributed by atoms with Gasteiger partial charge in [-0.2, -0.15) is 0 Å². The third-order valence-electron chi connectivity index (χ3n) is 4.86. The maximum Gasteiger partial charge on any atom is 0.191 e. The van der Waals surface area contributed by atoms with Crippen LogP contribution in [0.2, 0.25) is 0 Å². The number of guanidine groups is 1. The number of aliphatic imine (C=N–C) groups is 1. The van der Waals surface area contributed by atoms with Gasteiger partial charge in [0, 0.05) is 42.8 Å². The topological polar surface area (TPSA) is 70.7 Å². The van der Waals surface area contributed by atoms with Gasteiger partial charge >= 0.3 is 0 Å². The number of hydrogen-bond acceptors (Lipinski definition) is 3. The van der Waals surface area contributed by atoms with Crippen molar-refractivity contribution < 1.29 is 9.47 Å². The lowest BCUT2D eigenvalue weighted by Gasteiger charge is -2.19. The van der Waals surface area contributed by atoms with E-state index >= 15 is 0 Å². The van der Waals surface area contributed by atoms with Crippen LogP contribution in [-0.2, 0) is 15.9 Å². The van der Waals surface area contributed by atoms with E-state index in [-0.39, 0.29) is 12.1 Å². The summed E-state index contributed by atoms with van der Waals surface area (Å²) in [6.45, 7) is 10.1. The number of fused-ring (bicyclic) bond motifs is 1. The van der Waals surface area contributed by atoms with Gasteiger partial charge in [0.05, 0.1) is 19.3 Å². The van der Waals surface area contributed by atoms with E-state index in [9.17, 15) is 0 Å². The van der Waals surface area contributed by atoms with Gasteiger partial charge in [0.15, 0.2) is 5.96 Å². The summed E-state index contributed by atoms with van der Waals surface area (Å²) in [5.41, 5.74) is 3.81. The second-order valence-corrected chi connectivity index (χ2v) is 7.19. The van der Waals surface area contributed by atoms with Crippen molar-refractivity contribution in [2.24, 2.45) is 4.99 Å². The maximum atomic E-state index is 5.89. The van der Waals surface area contributed by atoms with Crippen molar-refractivity contribution in [3.63, 3.8) is 0 Å². The molecule has 2 atom stereocenters. The van der Waals surface area contributed by atoms with Crippen LogP contribution >= 0.6 is 0 Å². The fourth-order valence-corrected chi connectivity index (χ4v) is 3.38. The highest BCUT2D eigenvalue weighted by Gasteiger charge is 2.17. The molecule has 1 fully saturated rings. The monoisotopic (exact) mass is 372 g/mol. The van der Waals surface area contributed by atoms with Gasteiger partial charge in [-0.15, -0.1) is 0 Å². The normalized spacial score (nSPS) is 18.8. The summed E-state index contributed by atoms with van der Waals surface area (Å²) in [7, 11) is 0. The molecular weight excluding hydrogens is 340 g/mol. The maximum absolute atomic E-state index is 5.89. The first-order valence-corrected chi connectivity index (χ1v) is 9.97. The third-order valence-corrected chi connectivity index (χ3v) is 4.86. The summed E-state index contributed by atoms with van der Waals surface area (Å²) in [5.74, 6) is 0.840. The first-order chi connectivity index (χ1) is 13.2. The molecule has 2 unspecified atom stereocenters. The molecule has 0 spiro atoms. The molecule has 1 saturated heterocycles. The molecule has 6 heteroatoms. The molecule has 2 heterocycles. The van der Waals surface area contributed by atoms with Gasteiger partial charge in [-0.05, 0) is 44.7 Å². The van der Waals surface area contributed by atoms with Crippen molar-refractivity contribution >= 4 is 16.9 Å². The average molecular weight is 373 g/mol. The zero-order chi connectivity index (χ0) is 19.1. The lowest BCUT2D eigenvalue weighted by molar-refractivity contribution is 0.0347. The summed E-state index contributed by atoms with van der Waals surface area (Å²) in [6.07, 6.45) is 4.24. The molecule has 3 rings (SSSR count). The smallest absolute Gasteiger partial charge is 0.191 e. The van der Waals surface area contributed by atoms with Crippen LogP contribution in [0.1, 0.15) is 31.4 Å². The SMILES string of the molecule is CCNC(=NCCc1c[nH]c2c(C)cccc12)NC(C)COC1CCOC1. The van der Waals surface area contributed by atoms with Crippen molar-refractivity contribution in [3.8, 4) is 0 Å². The highest BCUT2D eigenvalue weighted by Crippen LogP contribution is 2.21. The number of para-hydroxylation sites is 1. The Balaban J connectivity index is 1.52. The van der Waals surface area contributed by atoms with Crippen LogP contribution in [0.5, 0.6) is 0 Å². The van der Waals surface area contributed by atoms with Crippen LogP contribution in [0, 0.1) is 6.92 Å². The van der Waals surface area contributed by atoms with E-state index in [4.69, 9.17) is 14.5 Å². The molecule has 148 valence electrons. The Kier molecular flexibility index (Phi) is 7.12. The number of ether oxygens (including phenoxy) is 2. The summed E-state index contributed by atoms with van der Waals surface area (Å²) in [5, 5.41) is 8.05. The Morgan fingerprint density at radius 3 is 3.11 bits per heavy atom. The number of hydrogen-bond donors (Lipinski definition) is 3. The van der Waals surface area contributed by atoms with E-state index in [1.807, 2.05) is 0 Å². The van der Waals surface area contributed by atoms with Crippen molar-refractivity contribution in [2.75, 3.05) is 32.9 Å². The lowest BCUT2D eigenvalue weighted by atomic mass is 10.1. The molecule has 0 saturated carbocycles. The van der Waals surface area contributed by atoms with Crippen molar-refractivity contribution in [1.29, 1.82) is 0 Å². The number of nitrogens with zero attached hydrogens (tertiary/aromatic N) is 1. The molecule has 0 aliphatic carbocycles. The number of aromatic nitrogens is 1. The fraction of sp³-hybridized carbons (Fsp3) is 0.571. The second kappa shape index (κ2) is 9.76. The van der Waals surface area contributed by atoms with Gasteiger partial charge in [-0.25, -0.2) is 0 Å². The molecule has 1 aliphatic rings. The summed E-state index contributed by atoms with van der Waals surface area (Å²) in [6, 6.07) is 6.61. The average Bonchev–Trinajstić information content (AvgIpc) is 3.31. The van der Waals surface area contributed by atoms with Gasteiger partial charge in [-0.3, -0.25) is 4.99 Å². The molecule has 1 aliphatic heterocycles. The van der Waals surface area contributed by atoms with Gasteiger partial charge in [0.25, 0.3) is 0 Å². The molecule has 2 aromatic rings. The molecule has 1 aromatic heterocycles. The number of aromatic amines is 1. The van der Waals surface area contributed by atoms with Gasteiger partial charge in [0.1, 0.15) is 0 Å². The van der Waals surface area contributed by atoms with E-state index in [1.165, 1.54) is 22.0 Å². The van der Waals surface area contributed by atoms with Gasteiger partial charge in [0.2, 0.25) is 0 Å². The molecule has 3 N–H and O–H groups in total. The molecular formula is C21H32N4O2. The van der Waals surface area contributed by atoms with Gasteiger partial charge in [-0.1, -0.05) is 18.2 Å². The minimum Gasteiger partial charge on any atom is -0.379 e. The van der Waals surface area contributed by atoms with Crippen molar-refractivity contribution in [2.45, 2.75) is 45.8 Å². The van der Waals surface area contributed by atoms with Crippen molar-refractivity contribution in [3.05, 3.63) is 35.5 Å². The van der Waals surface area contributed by atoms with Gasteiger partial charge < -0.3 is 25.1 Å². The molecule has 0 bridgehead atoms. The highest BCUT2D eigenvalue weighted by atomic mass is 16.5. The molecule has 0 radical (unpaired) electrons. The number of benzene rings is 1. The minimum atomic E-state index is 0.194. The van der Waals surface area contributed by atoms with Crippen LogP contribution in [0.3, 0.4) is 0 Å². The summed E-state index contributed by atoms with van der Waals surface area (Å²) < 4.78 is 11.2. The second-order valence-electron chi connectivity index (χ2n) is 7.19. The van der Waals surface area contributed by atoms with E-state index in [0.29, 0.717) is 13.2 Å². The quantitative estimate of drug-likeness (QED) is 0.492. The molecule has 1 aromatic carbocycles. The zero-order valence-electron chi connectivity index (χ0n) is 16.7. The van der Waals surface area contributed by atoms with Crippen LogP contribution in [-0.4, -0.2) is 56.0 Å². The molecule has 0 amide bonds. The van der Waals surface area contributed by atoms with Crippen LogP contribution in [0.4, 0.5) is 0 Å². The molecule has 27 heavy (non-hydrogen) atoms. The zero-order valence-corrected chi connectivity index (χ0v) is 16.7. The summed E-state index contributed by atoms with van der Waals surface area (Å²) in [4.78, 5) is 8.13. The van der Waals surface area contributed by atoms with Crippen LogP contribution in [0.25, 0.3) is 10.9 Å². The number of H-pyrrole nitrogens is 1. The third kappa shape index (κ3) is 5.47. The highest BCUT2D eigenvalue weighted by molar-refractivity contribution is 5.86. The van der Waals surface area contributed by atoms with Crippen molar-refractivity contribution in [1.82, 2.24) is 15.6 Å². The largest absolute Gasteiger partial charge is 0.379 e. The van der Waals surface area contributed by atoms with E-state index in [2.05, 4.69) is 60.8 Å². The van der Waals surface area contributed by atoms with Crippen LogP contribution in [0.15, 0.2) is 29.4 Å². The number of rotatable bonds is 8. The Labute approximate surface area is 161 Å².